The third kappa shape index (κ3) is 5.25. The Morgan fingerprint density at radius 3 is 2.41 bits per heavy atom. The summed E-state index contributed by atoms with van der Waals surface area (Å²) in [6.45, 7) is 1.90. The minimum atomic E-state index is -0.410. The second-order valence-corrected chi connectivity index (χ2v) is 9.02. The van der Waals surface area contributed by atoms with E-state index < -0.39 is 5.25 Å². The second-order valence-electron chi connectivity index (χ2n) is 6.98. The Labute approximate surface area is 178 Å². The third-order valence-corrected chi connectivity index (χ3v) is 6.66. The molecule has 1 atom stereocenters. The minimum absolute atomic E-state index is 0.0886. The lowest BCUT2D eigenvalue weighted by Crippen LogP contribution is -2.19. The Bertz CT molecular complexity index is 998. The molecule has 0 saturated heterocycles. The van der Waals surface area contributed by atoms with Crippen LogP contribution in [0.1, 0.15) is 29.3 Å². The number of amides is 2. The molecule has 0 spiro atoms. The molecule has 5 nitrogen and oxygen atoms in total. The van der Waals surface area contributed by atoms with Crippen molar-refractivity contribution in [2.75, 3.05) is 10.6 Å². The summed E-state index contributed by atoms with van der Waals surface area (Å²) in [5, 5.41) is 7.97. The first kappa shape index (κ1) is 19.7. The highest BCUT2D eigenvalue weighted by atomic mass is 32.2. The van der Waals surface area contributed by atoms with Gasteiger partial charge in [0.25, 0.3) is 0 Å². The van der Waals surface area contributed by atoms with Crippen LogP contribution in [0, 0.1) is 12.8 Å². The molecule has 1 aliphatic carbocycles. The summed E-state index contributed by atoms with van der Waals surface area (Å²) in [4.78, 5) is 30.2. The predicted octanol–water partition coefficient (Wildman–Crippen LogP) is 5.27. The molecule has 0 bridgehead atoms. The molecule has 1 fully saturated rings. The van der Waals surface area contributed by atoms with E-state index in [1.54, 1.807) is 0 Å². The molecule has 2 N–H and O–H groups in total. The summed E-state index contributed by atoms with van der Waals surface area (Å²) < 4.78 is 0. The van der Waals surface area contributed by atoms with Crippen molar-refractivity contribution in [3.63, 3.8) is 0 Å². The average Bonchev–Trinajstić information content (AvgIpc) is 3.51. The standard InChI is InChI=1S/C22H21N3O2S2/c1-14-13-28-22(23-14)25-21(27)19(15-5-3-2-4-6-15)29-18-11-9-17(10-12-18)24-20(26)16-7-8-16/h2-6,9-13,16,19H,7-8H2,1H3,(H,24,26)(H,23,25,27). The van der Waals surface area contributed by atoms with Crippen LogP contribution in [-0.4, -0.2) is 16.8 Å². The predicted molar refractivity (Wildman–Crippen MR) is 118 cm³/mol. The SMILES string of the molecule is Cc1csc(NC(=O)C(Sc2ccc(NC(=O)C3CC3)cc2)c2ccccc2)n1. The molecule has 1 unspecified atom stereocenters. The molecule has 29 heavy (non-hydrogen) atoms. The zero-order valence-electron chi connectivity index (χ0n) is 15.9. The van der Waals surface area contributed by atoms with E-state index in [-0.39, 0.29) is 17.7 Å². The van der Waals surface area contributed by atoms with E-state index in [0.717, 1.165) is 34.7 Å². The zero-order chi connectivity index (χ0) is 20.2. The summed E-state index contributed by atoms with van der Waals surface area (Å²) in [6, 6.07) is 17.3. The van der Waals surface area contributed by atoms with Crippen molar-refractivity contribution in [1.29, 1.82) is 0 Å². The van der Waals surface area contributed by atoms with Gasteiger partial charge in [-0.25, -0.2) is 4.98 Å². The van der Waals surface area contributed by atoms with E-state index in [0.29, 0.717) is 5.13 Å². The molecule has 1 heterocycles. The average molecular weight is 424 g/mol. The maximum Gasteiger partial charge on any atom is 0.244 e. The van der Waals surface area contributed by atoms with Crippen LogP contribution in [0.2, 0.25) is 0 Å². The van der Waals surface area contributed by atoms with Gasteiger partial charge < -0.3 is 10.6 Å². The van der Waals surface area contributed by atoms with Gasteiger partial charge in [0.15, 0.2) is 5.13 Å². The molecule has 2 aromatic carbocycles. The second kappa shape index (κ2) is 8.80. The lowest BCUT2D eigenvalue weighted by molar-refractivity contribution is -0.117. The molecule has 7 heteroatoms. The largest absolute Gasteiger partial charge is 0.326 e. The van der Waals surface area contributed by atoms with Crippen LogP contribution in [0.3, 0.4) is 0 Å². The fourth-order valence-electron chi connectivity index (χ4n) is 2.83. The van der Waals surface area contributed by atoms with Crippen molar-refractivity contribution in [3.8, 4) is 0 Å². The van der Waals surface area contributed by atoms with E-state index >= 15 is 0 Å². The Balaban J connectivity index is 1.48. The normalized spacial score (nSPS) is 14.2. The molecule has 1 saturated carbocycles. The number of anilines is 2. The van der Waals surface area contributed by atoms with Gasteiger partial charge in [-0.15, -0.1) is 23.1 Å². The number of hydrogen-bond acceptors (Lipinski definition) is 5. The summed E-state index contributed by atoms with van der Waals surface area (Å²) in [5.41, 5.74) is 2.60. The molecule has 3 aromatic rings. The Hall–Kier alpha value is -2.64. The maximum atomic E-state index is 13.0. The van der Waals surface area contributed by atoms with Crippen molar-refractivity contribution in [2.45, 2.75) is 29.9 Å². The summed E-state index contributed by atoms with van der Waals surface area (Å²) in [6.07, 6.45) is 1.96. The van der Waals surface area contributed by atoms with Crippen LogP contribution >= 0.6 is 23.1 Å². The number of aromatic nitrogens is 1. The molecule has 148 valence electrons. The number of thiazole rings is 1. The lowest BCUT2D eigenvalue weighted by atomic mass is 10.1. The Morgan fingerprint density at radius 1 is 1.07 bits per heavy atom. The van der Waals surface area contributed by atoms with Gasteiger partial charge in [0.2, 0.25) is 11.8 Å². The zero-order valence-corrected chi connectivity index (χ0v) is 17.6. The quantitative estimate of drug-likeness (QED) is 0.508. The third-order valence-electron chi connectivity index (χ3n) is 4.51. The monoisotopic (exact) mass is 423 g/mol. The van der Waals surface area contributed by atoms with Crippen LogP contribution in [0.15, 0.2) is 64.9 Å². The minimum Gasteiger partial charge on any atom is -0.326 e. The van der Waals surface area contributed by atoms with Crippen LogP contribution in [-0.2, 0) is 9.59 Å². The first-order valence-corrected chi connectivity index (χ1v) is 11.2. The first-order chi connectivity index (χ1) is 14.1. The Morgan fingerprint density at radius 2 is 1.79 bits per heavy atom. The van der Waals surface area contributed by atoms with Crippen LogP contribution < -0.4 is 10.6 Å². The van der Waals surface area contributed by atoms with Crippen molar-refractivity contribution < 1.29 is 9.59 Å². The molecular weight excluding hydrogens is 402 g/mol. The molecular formula is C22H21N3O2S2. The van der Waals surface area contributed by atoms with Crippen molar-refractivity contribution in [1.82, 2.24) is 4.98 Å². The van der Waals surface area contributed by atoms with Gasteiger partial charge in [-0.2, -0.15) is 0 Å². The molecule has 0 aliphatic heterocycles. The molecule has 0 radical (unpaired) electrons. The number of carbonyl (C=O) groups is 2. The number of nitrogens with one attached hydrogen (secondary N) is 2. The number of rotatable bonds is 7. The van der Waals surface area contributed by atoms with E-state index in [2.05, 4.69) is 15.6 Å². The van der Waals surface area contributed by atoms with Gasteiger partial charge in [-0.1, -0.05) is 30.3 Å². The van der Waals surface area contributed by atoms with Crippen molar-refractivity contribution in [2.24, 2.45) is 5.92 Å². The smallest absolute Gasteiger partial charge is 0.244 e. The van der Waals surface area contributed by atoms with Crippen LogP contribution in [0.25, 0.3) is 0 Å². The van der Waals surface area contributed by atoms with Crippen LogP contribution in [0.5, 0.6) is 0 Å². The molecule has 1 aliphatic rings. The molecule has 4 rings (SSSR count). The van der Waals surface area contributed by atoms with Gasteiger partial charge in [0.1, 0.15) is 5.25 Å². The number of hydrogen-bond donors (Lipinski definition) is 2. The van der Waals surface area contributed by atoms with Crippen molar-refractivity contribution in [3.05, 3.63) is 71.2 Å². The number of benzene rings is 2. The summed E-state index contributed by atoms with van der Waals surface area (Å²) in [7, 11) is 0. The maximum absolute atomic E-state index is 13.0. The number of aryl methyl sites for hydroxylation is 1. The number of nitrogens with zero attached hydrogens (tertiary/aromatic N) is 1. The fraction of sp³-hybridized carbons (Fsp3) is 0.227. The molecule has 1 aromatic heterocycles. The lowest BCUT2D eigenvalue weighted by Gasteiger charge is -2.16. The first-order valence-electron chi connectivity index (χ1n) is 9.44. The van der Waals surface area contributed by atoms with Gasteiger partial charge >= 0.3 is 0 Å². The topological polar surface area (TPSA) is 71.1 Å². The van der Waals surface area contributed by atoms with E-state index in [1.165, 1.54) is 23.1 Å². The highest BCUT2D eigenvalue weighted by Gasteiger charge is 2.29. The van der Waals surface area contributed by atoms with Gasteiger partial charge in [0, 0.05) is 21.9 Å². The molecule has 2 amide bonds. The van der Waals surface area contributed by atoms with Gasteiger partial charge in [0.05, 0.1) is 5.69 Å². The Kier molecular flexibility index (Phi) is 5.97. The van der Waals surface area contributed by atoms with Crippen LogP contribution in [0.4, 0.5) is 10.8 Å². The number of carbonyl (C=O) groups excluding carboxylic acids is 2. The van der Waals surface area contributed by atoms with Gasteiger partial charge in [-0.05, 0) is 49.6 Å². The highest BCUT2D eigenvalue weighted by Crippen LogP contribution is 2.37. The summed E-state index contributed by atoms with van der Waals surface area (Å²) >= 11 is 2.89. The fourth-order valence-corrected chi connectivity index (χ4v) is 4.54. The summed E-state index contributed by atoms with van der Waals surface area (Å²) in [5.74, 6) is 0.150. The van der Waals surface area contributed by atoms with Crippen molar-refractivity contribution >= 4 is 45.7 Å². The van der Waals surface area contributed by atoms with Gasteiger partial charge in [-0.3, -0.25) is 9.59 Å². The highest BCUT2D eigenvalue weighted by molar-refractivity contribution is 8.00. The van der Waals surface area contributed by atoms with E-state index in [4.69, 9.17) is 0 Å². The van der Waals surface area contributed by atoms with E-state index in [9.17, 15) is 9.59 Å². The van der Waals surface area contributed by atoms with E-state index in [1.807, 2.05) is 66.9 Å². The number of thioether (sulfide) groups is 1.